The van der Waals surface area contributed by atoms with Crippen molar-refractivity contribution in [3.63, 3.8) is 0 Å². The number of benzene rings is 1. The van der Waals surface area contributed by atoms with Gasteiger partial charge in [-0.25, -0.2) is 4.79 Å². The first-order chi connectivity index (χ1) is 12.6. The van der Waals surface area contributed by atoms with Crippen LogP contribution in [0.3, 0.4) is 0 Å². The zero-order valence-corrected chi connectivity index (χ0v) is 14.7. The molecule has 8 nitrogen and oxygen atoms in total. The molecule has 1 amide bonds. The Morgan fingerprint density at radius 1 is 1.04 bits per heavy atom. The number of carbonyl (C=O) groups excluding carboxylic acids is 1. The van der Waals surface area contributed by atoms with Gasteiger partial charge in [-0.05, 0) is 44.0 Å². The Morgan fingerprint density at radius 3 is 2.23 bits per heavy atom. The molecule has 4 heterocycles. The van der Waals surface area contributed by atoms with Gasteiger partial charge in [-0.15, -0.1) is 0 Å². The molecule has 1 unspecified atom stereocenters. The van der Waals surface area contributed by atoms with Crippen molar-refractivity contribution in [1.82, 2.24) is 9.80 Å². The SMILES string of the molecule is O=C(OC1CN2CCC1CC2)N1CCN(c2ccc([N+](=O)[O-])cc2)CC1. The van der Waals surface area contributed by atoms with Crippen molar-refractivity contribution < 1.29 is 14.5 Å². The molecule has 0 radical (unpaired) electrons. The van der Waals surface area contributed by atoms with Crippen LogP contribution in [0.5, 0.6) is 0 Å². The van der Waals surface area contributed by atoms with Crippen molar-refractivity contribution in [2.45, 2.75) is 18.9 Å². The minimum Gasteiger partial charge on any atom is -0.444 e. The maximum atomic E-state index is 12.5. The number of anilines is 1. The van der Waals surface area contributed by atoms with Crippen LogP contribution in [0.1, 0.15) is 12.8 Å². The number of piperidine rings is 3. The van der Waals surface area contributed by atoms with Crippen LogP contribution in [0.25, 0.3) is 0 Å². The molecule has 2 bridgehead atoms. The third kappa shape index (κ3) is 3.46. The summed E-state index contributed by atoms with van der Waals surface area (Å²) in [5.74, 6) is 0.519. The molecule has 1 aromatic carbocycles. The van der Waals surface area contributed by atoms with Gasteiger partial charge in [0.25, 0.3) is 5.69 Å². The lowest BCUT2D eigenvalue weighted by atomic mass is 9.86. The molecule has 26 heavy (non-hydrogen) atoms. The van der Waals surface area contributed by atoms with Gasteiger partial charge >= 0.3 is 6.09 Å². The quantitative estimate of drug-likeness (QED) is 0.605. The van der Waals surface area contributed by atoms with Crippen LogP contribution in [0, 0.1) is 16.0 Å². The molecule has 4 aliphatic rings. The summed E-state index contributed by atoms with van der Waals surface area (Å²) in [6.07, 6.45) is 2.10. The van der Waals surface area contributed by atoms with E-state index in [9.17, 15) is 14.9 Å². The van der Waals surface area contributed by atoms with Crippen molar-refractivity contribution >= 4 is 17.5 Å². The van der Waals surface area contributed by atoms with E-state index in [1.54, 1.807) is 17.0 Å². The zero-order chi connectivity index (χ0) is 18.1. The second-order valence-corrected chi connectivity index (χ2v) is 7.31. The van der Waals surface area contributed by atoms with Crippen LogP contribution < -0.4 is 4.90 Å². The van der Waals surface area contributed by atoms with Crippen molar-refractivity contribution in [2.24, 2.45) is 5.92 Å². The Morgan fingerprint density at radius 2 is 1.69 bits per heavy atom. The molecular weight excluding hydrogens is 336 g/mol. The van der Waals surface area contributed by atoms with Gasteiger partial charge in [-0.2, -0.15) is 0 Å². The van der Waals surface area contributed by atoms with E-state index in [1.165, 1.54) is 12.1 Å². The summed E-state index contributed by atoms with van der Waals surface area (Å²) in [6, 6.07) is 6.56. The Labute approximate surface area is 152 Å². The van der Waals surface area contributed by atoms with Crippen LogP contribution in [-0.4, -0.2) is 72.7 Å². The fraction of sp³-hybridized carbons (Fsp3) is 0.611. The summed E-state index contributed by atoms with van der Waals surface area (Å²) in [4.78, 5) is 29.1. The Kier molecular flexibility index (Phi) is 4.67. The predicted octanol–water partition coefficient (Wildman–Crippen LogP) is 1.95. The van der Waals surface area contributed by atoms with Gasteiger partial charge in [0.15, 0.2) is 0 Å². The number of hydrogen-bond acceptors (Lipinski definition) is 6. The largest absolute Gasteiger partial charge is 0.444 e. The Bertz CT molecular complexity index is 664. The minimum atomic E-state index is -0.397. The number of hydrogen-bond donors (Lipinski definition) is 0. The molecule has 0 aliphatic carbocycles. The summed E-state index contributed by atoms with van der Waals surface area (Å²) in [5.41, 5.74) is 1.04. The standard InChI is InChI=1S/C18H24N4O4/c23-18(26-17-13-19-7-5-14(17)6-8-19)21-11-9-20(10-12-21)15-1-3-16(4-2-15)22(24)25/h1-4,14,17H,5-13H2. The second kappa shape index (κ2) is 7.11. The number of ether oxygens (including phenoxy) is 1. The first-order valence-corrected chi connectivity index (χ1v) is 9.27. The summed E-state index contributed by atoms with van der Waals surface area (Å²) in [7, 11) is 0. The molecule has 0 aromatic heterocycles. The van der Waals surface area contributed by atoms with Crippen molar-refractivity contribution in [2.75, 3.05) is 50.7 Å². The van der Waals surface area contributed by atoms with Crippen molar-refractivity contribution in [3.05, 3.63) is 34.4 Å². The molecular formula is C18H24N4O4. The number of carbonyl (C=O) groups is 1. The predicted molar refractivity (Wildman–Crippen MR) is 96.3 cm³/mol. The average molecular weight is 360 g/mol. The summed E-state index contributed by atoms with van der Waals surface area (Å²) < 4.78 is 5.80. The fourth-order valence-corrected chi connectivity index (χ4v) is 4.18. The number of fused-ring (bicyclic) bond motifs is 3. The van der Waals surface area contributed by atoms with Gasteiger partial charge in [-0.3, -0.25) is 15.0 Å². The highest BCUT2D eigenvalue weighted by Gasteiger charge is 2.37. The molecule has 140 valence electrons. The van der Waals surface area contributed by atoms with Crippen LogP contribution in [-0.2, 0) is 4.74 Å². The maximum Gasteiger partial charge on any atom is 0.410 e. The molecule has 1 aromatic rings. The molecule has 1 atom stereocenters. The number of nitro benzene ring substituents is 1. The van der Waals surface area contributed by atoms with E-state index >= 15 is 0 Å². The summed E-state index contributed by atoms with van der Waals surface area (Å²) in [6.45, 7) is 5.76. The Balaban J connectivity index is 1.29. The topological polar surface area (TPSA) is 79.2 Å². The average Bonchev–Trinajstić information content (AvgIpc) is 2.69. The van der Waals surface area contributed by atoms with Gasteiger partial charge in [0, 0.05) is 50.5 Å². The minimum absolute atomic E-state index is 0.0395. The number of nitrogens with zero attached hydrogens (tertiary/aromatic N) is 4. The number of rotatable bonds is 3. The van der Waals surface area contributed by atoms with E-state index in [4.69, 9.17) is 4.74 Å². The number of non-ortho nitro benzene ring substituents is 1. The van der Waals surface area contributed by atoms with Gasteiger partial charge in [0.2, 0.25) is 0 Å². The number of amides is 1. The van der Waals surface area contributed by atoms with E-state index in [1.807, 2.05) is 0 Å². The molecule has 0 N–H and O–H groups in total. The van der Waals surface area contributed by atoms with Crippen molar-refractivity contribution in [3.8, 4) is 0 Å². The molecule has 0 spiro atoms. The van der Waals surface area contributed by atoms with Crippen LogP contribution >= 0.6 is 0 Å². The molecule has 4 fully saturated rings. The van der Waals surface area contributed by atoms with E-state index in [2.05, 4.69) is 9.80 Å². The normalized spacial score (nSPS) is 28.1. The Hall–Kier alpha value is -2.35. The molecule has 5 rings (SSSR count). The molecule has 4 saturated heterocycles. The third-order valence-corrected chi connectivity index (χ3v) is 5.81. The van der Waals surface area contributed by atoms with Crippen molar-refractivity contribution in [1.29, 1.82) is 0 Å². The molecule has 4 aliphatic heterocycles. The molecule has 8 heteroatoms. The highest BCUT2D eigenvalue weighted by atomic mass is 16.6. The fourth-order valence-electron chi connectivity index (χ4n) is 4.18. The van der Waals surface area contributed by atoms with E-state index < -0.39 is 4.92 Å². The van der Waals surface area contributed by atoms with Crippen LogP contribution in [0.2, 0.25) is 0 Å². The summed E-state index contributed by atoms with van der Waals surface area (Å²) in [5, 5.41) is 10.7. The third-order valence-electron chi connectivity index (χ3n) is 5.81. The van der Waals surface area contributed by atoms with Crippen LogP contribution in [0.4, 0.5) is 16.2 Å². The summed E-state index contributed by atoms with van der Waals surface area (Å²) >= 11 is 0. The van der Waals surface area contributed by atoms with Gasteiger partial charge in [0.1, 0.15) is 6.10 Å². The van der Waals surface area contributed by atoms with E-state index in [0.717, 1.165) is 38.2 Å². The van der Waals surface area contributed by atoms with E-state index in [0.29, 0.717) is 32.1 Å². The maximum absolute atomic E-state index is 12.5. The van der Waals surface area contributed by atoms with Gasteiger partial charge in [-0.1, -0.05) is 0 Å². The lowest BCUT2D eigenvalue weighted by Crippen LogP contribution is -2.54. The number of piperazine rings is 1. The first-order valence-electron chi connectivity index (χ1n) is 9.27. The first kappa shape index (κ1) is 17.1. The monoisotopic (exact) mass is 360 g/mol. The van der Waals surface area contributed by atoms with Crippen LogP contribution in [0.15, 0.2) is 24.3 Å². The van der Waals surface area contributed by atoms with E-state index in [-0.39, 0.29) is 17.9 Å². The smallest absolute Gasteiger partial charge is 0.410 e. The highest BCUT2D eigenvalue weighted by molar-refractivity contribution is 5.68. The lowest BCUT2D eigenvalue weighted by molar-refractivity contribution is -0.384. The molecule has 0 saturated carbocycles. The van der Waals surface area contributed by atoms with Gasteiger partial charge in [0.05, 0.1) is 4.92 Å². The van der Waals surface area contributed by atoms with Gasteiger partial charge < -0.3 is 14.5 Å². The second-order valence-electron chi connectivity index (χ2n) is 7.31. The lowest BCUT2D eigenvalue weighted by Gasteiger charge is -2.44. The zero-order valence-electron chi connectivity index (χ0n) is 14.7. The number of nitro groups is 1. The highest BCUT2D eigenvalue weighted by Crippen LogP contribution is 2.30.